The van der Waals surface area contributed by atoms with Crippen LogP contribution in [0.4, 0.5) is 0 Å². The Morgan fingerprint density at radius 1 is 1.33 bits per heavy atom. The highest BCUT2D eigenvalue weighted by molar-refractivity contribution is 7.09. The first-order valence-electron chi connectivity index (χ1n) is 7.43. The van der Waals surface area contributed by atoms with Gasteiger partial charge >= 0.3 is 0 Å². The third kappa shape index (κ3) is 4.29. The van der Waals surface area contributed by atoms with E-state index in [-0.39, 0.29) is 0 Å². The lowest BCUT2D eigenvalue weighted by Gasteiger charge is -2.20. The molecular weight excluding hydrogens is 280 g/mol. The van der Waals surface area contributed by atoms with Gasteiger partial charge in [0, 0.05) is 23.5 Å². The molecule has 21 heavy (non-hydrogen) atoms. The number of nitrogens with zero attached hydrogens (tertiary/aromatic N) is 1. The Morgan fingerprint density at radius 2 is 2.14 bits per heavy atom. The quantitative estimate of drug-likeness (QED) is 0.838. The number of hydrogen-bond acceptors (Lipinski definition) is 4. The number of benzene rings is 1. The van der Waals surface area contributed by atoms with Gasteiger partial charge in [-0.15, -0.1) is 11.3 Å². The van der Waals surface area contributed by atoms with Crippen LogP contribution in [0.3, 0.4) is 0 Å². The number of nitrogens with one attached hydrogen (secondary N) is 1. The highest BCUT2D eigenvalue weighted by atomic mass is 32.1. The molecule has 1 aromatic heterocycles. The second kappa shape index (κ2) is 7.57. The van der Waals surface area contributed by atoms with Gasteiger partial charge in [-0.05, 0) is 50.1 Å². The maximum atomic E-state index is 5.30. The summed E-state index contributed by atoms with van der Waals surface area (Å²) in [6.45, 7) is 7.40. The zero-order valence-electron chi connectivity index (χ0n) is 13.3. The van der Waals surface area contributed by atoms with E-state index < -0.39 is 0 Å². The first-order chi connectivity index (χ1) is 10.1. The highest BCUT2D eigenvalue weighted by Crippen LogP contribution is 2.26. The predicted octanol–water partition coefficient (Wildman–Crippen LogP) is 4.05. The van der Waals surface area contributed by atoms with Crippen molar-refractivity contribution < 1.29 is 4.74 Å². The minimum atomic E-state index is 0.307. The molecule has 0 saturated carbocycles. The molecule has 0 aliphatic heterocycles. The molecule has 0 spiro atoms. The van der Waals surface area contributed by atoms with Crippen LogP contribution >= 0.6 is 11.3 Å². The molecule has 0 amide bonds. The van der Waals surface area contributed by atoms with Crippen molar-refractivity contribution in [1.29, 1.82) is 0 Å². The van der Waals surface area contributed by atoms with Crippen molar-refractivity contribution >= 4 is 11.3 Å². The normalized spacial score (nSPS) is 12.4. The molecule has 2 aromatic rings. The molecule has 1 unspecified atom stereocenters. The van der Waals surface area contributed by atoms with Crippen LogP contribution in [-0.2, 0) is 6.42 Å². The van der Waals surface area contributed by atoms with Crippen LogP contribution in [0.2, 0.25) is 0 Å². The Bertz CT molecular complexity index is 580. The second-order valence-electron chi connectivity index (χ2n) is 5.32. The lowest BCUT2D eigenvalue weighted by molar-refractivity contribution is 0.413. The van der Waals surface area contributed by atoms with E-state index >= 15 is 0 Å². The summed E-state index contributed by atoms with van der Waals surface area (Å²) in [5.74, 6) is 0.913. The molecular formula is C17H24N2OS. The zero-order chi connectivity index (χ0) is 15.2. The molecule has 114 valence electrons. The molecule has 1 aromatic carbocycles. The largest absolute Gasteiger partial charge is 0.497 e. The van der Waals surface area contributed by atoms with Gasteiger partial charge in [-0.2, -0.15) is 0 Å². The highest BCUT2D eigenvalue weighted by Gasteiger charge is 2.16. The van der Waals surface area contributed by atoms with E-state index in [1.54, 1.807) is 18.4 Å². The van der Waals surface area contributed by atoms with E-state index in [0.717, 1.165) is 30.8 Å². The third-order valence-electron chi connectivity index (χ3n) is 3.54. The SMILES string of the molecule is CCCNC(Cc1nc(C)cs1)c1ccc(OC)cc1C. The van der Waals surface area contributed by atoms with Gasteiger partial charge in [0.1, 0.15) is 5.75 Å². The van der Waals surface area contributed by atoms with Gasteiger partial charge in [-0.1, -0.05) is 13.0 Å². The van der Waals surface area contributed by atoms with Gasteiger partial charge in [0.25, 0.3) is 0 Å². The monoisotopic (exact) mass is 304 g/mol. The van der Waals surface area contributed by atoms with Crippen molar-refractivity contribution in [3.05, 3.63) is 45.4 Å². The molecule has 0 fully saturated rings. The summed E-state index contributed by atoms with van der Waals surface area (Å²) in [4.78, 5) is 4.60. The Balaban J connectivity index is 2.22. The predicted molar refractivity (Wildman–Crippen MR) is 89.3 cm³/mol. The number of hydrogen-bond donors (Lipinski definition) is 1. The topological polar surface area (TPSA) is 34.2 Å². The average Bonchev–Trinajstić information content (AvgIpc) is 2.88. The van der Waals surface area contributed by atoms with E-state index in [9.17, 15) is 0 Å². The number of rotatable bonds is 7. The van der Waals surface area contributed by atoms with E-state index in [2.05, 4.69) is 41.7 Å². The summed E-state index contributed by atoms with van der Waals surface area (Å²) < 4.78 is 5.30. The number of aryl methyl sites for hydroxylation is 2. The van der Waals surface area contributed by atoms with E-state index in [4.69, 9.17) is 4.74 Å². The molecule has 0 saturated heterocycles. The molecule has 0 aliphatic rings. The zero-order valence-corrected chi connectivity index (χ0v) is 14.1. The Labute approximate surface area is 131 Å². The number of aromatic nitrogens is 1. The van der Waals surface area contributed by atoms with Crippen LogP contribution in [0.15, 0.2) is 23.6 Å². The van der Waals surface area contributed by atoms with Crippen LogP contribution < -0.4 is 10.1 Å². The number of methoxy groups -OCH3 is 1. The summed E-state index contributed by atoms with van der Waals surface area (Å²) in [5.41, 5.74) is 3.70. The Morgan fingerprint density at radius 3 is 2.71 bits per heavy atom. The van der Waals surface area contributed by atoms with Gasteiger partial charge < -0.3 is 10.1 Å². The fourth-order valence-corrected chi connectivity index (χ4v) is 3.27. The fraction of sp³-hybridized carbons (Fsp3) is 0.471. The first-order valence-corrected chi connectivity index (χ1v) is 8.31. The van der Waals surface area contributed by atoms with Gasteiger partial charge in [-0.25, -0.2) is 4.98 Å². The van der Waals surface area contributed by atoms with Crippen molar-refractivity contribution in [2.75, 3.05) is 13.7 Å². The summed E-state index contributed by atoms with van der Waals surface area (Å²) in [6.07, 6.45) is 2.06. The minimum absolute atomic E-state index is 0.307. The molecule has 1 N–H and O–H groups in total. The van der Waals surface area contributed by atoms with Crippen molar-refractivity contribution in [2.45, 2.75) is 39.7 Å². The molecule has 0 bridgehead atoms. The fourth-order valence-electron chi connectivity index (χ4n) is 2.45. The van der Waals surface area contributed by atoms with Gasteiger partial charge in [-0.3, -0.25) is 0 Å². The molecule has 1 heterocycles. The average molecular weight is 304 g/mol. The van der Waals surface area contributed by atoms with E-state index in [1.807, 2.05) is 13.0 Å². The molecule has 0 aliphatic carbocycles. The molecule has 1 atom stereocenters. The smallest absolute Gasteiger partial charge is 0.119 e. The molecule has 0 radical (unpaired) electrons. The van der Waals surface area contributed by atoms with Crippen LogP contribution in [-0.4, -0.2) is 18.6 Å². The molecule has 3 nitrogen and oxygen atoms in total. The lowest BCUT2D eigenvalue weighted by atomic mass is 9.98. The summed E-state index contributed by atoms with van der Waals surface area (Å²) in [7, 11) is 1.71. The summed E-state index contributed by atoms with van der Waals surface area (Å²) in [5, 5.41) is 6.96. The van der Waals surface area contributed by atoms with Crippen molar-refractivity contribution in [3.8, 4) is 5.75 Å². The number of ether oxygens (including phenoxy) is 1. The van der Waals surface area contributed by atoms with Gasteiger partial charge in [0.05, 0.1) is 12.1 Å². The Hall–Kier alpha value is -1.39. The lowest BCUT2D eigenvalue weighted by Crippen LogP contribution is -2.24. The van der Waals surface area contributed by atoms with Gasteiger partial charge in [0.2, 0.25) is 0 Å². The minimum Gasteiger partial charge on any atom is -0.497 e. The van der Waals surface area contributed by atoms with Crippen LogP contribution in [0, 0.1) is 13.8 Å². The summed E-state index contributed by atoms with van der Waals surface area (Å²) >= 11 is 1.74. The van der Waals surface area contributed by atoms with Crippen LogP contribution in [0.25, 0.3) is 0 Å². The Kier molecular flexibility index (Phi) is 5.76. The van der Waals surface area contributed by atoms with Crippen molar-refractivity contribution in [3.63, 3.8) is 0 Å². The standard InChI is InChI=1S/C17H24N2OS/c1-5-8-18-16(10-17-19-13(3)11-21-17)15-7-6-14(20-4)9-12(15)2/h6-7,9,11,16,18H,5,8,10H2,1-4H3. The van der Waals surface area contributed by atoms with Gasteiger partial charge in [0.15, 0.2) is 0 Å². The summed E-state index contributed by atoms with van der Waals surface area (Å²) in [6, 6.07) is 6.61. The van der Waals surface area contributed by atoms with E-state index in [0.29, 0.717) is 6.04 Å². The maximum absolute atomic E-state index is 5.30. The van der Waals surface area contributed by atoms with Crippen LogP contribution in [0.1, 0.15) is 41.2 Å². The van der Waals surface area contributed by atoms with Crippen molar-refractivity contribution in [2.24, 2.45) is 0 Å². The third-order valence-corrected chi connectivity index (χ3v) is 4.53. The number of thiazole rings is 1. The second-order valence-corrected chi connectivity index (χ2v) is 6.26. The van der Waals surface area contributed by atoms with Crippen molar-refractivity contribution in [1.82, 2.24) is 10.3 Å². The molecule has 2 rings (SSSR count). The van der Waals surface area contributed by atoms with E-state index in [1.165, 1.54) is 16.1 Å². The first kappa shape index (κ1) is 16.0. The van der Waals surface area contributed by atoms with Crippen LogP contribution in [0.5, 0.6) is 5.75 Å². The molecule has 4 heteroatoms. The maximum Gasteiger partial charge on any atom is 0.119 e.